The molecule has 1 aromatic rings. The van der Waals surface area contributed by atoms with E-state index in [1.807, 2.05) is 0 Å². The maximum Gasteiger partial charge on any atom is 0.0372 e. The van der Waals surface area contributed by atoms with Crippen molar-refractivity contribution in [1.82, 2.24) is 0 Å². The maximum atomic E-state index is 2.48. The third-order valence-corrected chi connectivity index (χ3v) is 3.01. The first-order chi connectivity index (χ1) is 7.75. The van der Waals surface area contributed by atoms with E-state index in [0.29, 0.717) is 5.92 Å². The van der Waals surface area contributed by atoms with Crippen LogP contribution in [-0.2, 0) is 0 Å². The van der Waals surface area contributed by atoms with Gasteiger partial charge in [0.2, 0.25) is 0 Å². The summed E-state index contributed by atoms with van der Waals surface area (Å²) < 4.78 is 0. The molecular weight excluding hydrogens is 194 g/mol. The van der Waals surface area contributed by atoms with Gasteiger partial charge in [-0.2, -0.15) is 0 Å². The Kier molecular flexibility index (Phi) is 3.66. The molecule has 16 heavy (non-hydrogen) atoms. The summed E-state index contributed by atoms with van der Waals surface area (Å²) >= 11 is 0. The highest BCUT2D eigenvalue weighted by molar-refractivity contribution is 5.58. The molecule has 0 spiro atoms. The van der Waals surface area contributed by atoms with Gasteiger partial charge in [0.15, 0.2) is 0 Å². The van der Waals surface area contributed by atoms with Crippen LogP contribution in [0.1, 0.15) is 32.3 Å². The minimum Gasteiger partial charge on any atom is -0.372 e. The molecule has 0 aromatic heterocycles. The van der Waals surface area contributed by atoms with Crippen molar-refractivity contribution in [2.24, 2.45) is 5.92 Å². The molecule has 0 amide bonds. The third-order valence-electron chi connectivity index (χ3n) is 3.01. The molecule has 1 heteroatoms. The van der Waals surface area contributed by atoms with Crippen molar-refractivity contribution < 1.29 is 0 Å². The average Bonchev–Trinajstić information content (AvgIpc) is 2.80. The Labute approximate surface area is 98.8 Å². The summed E-state index contributed by atoms with van der Waals surface area (Å²) in [5.74, 6) is 0.621. The van der Waals surface area contributed by atoms with E-state index in [-0.39, 0.29) is 0 Å². The number of allylic oxidation sites excluding steroid dienone is 1. The molecule has 1 aliphatic rings. The SMILES string of the molecule is CC(C)/C=C/c1cccc(N2CCCC2)c1. The van der Waals surface area contributed by atoms with Gasteiger partial charge in [-0.05, 0) is 36.5 Å². The maximum absolute atomic E-state index is 2.48. The first-order valence-corrected chi connectivity index (χ1v) is 6.29. The fraction of sp³-hybridized carbons (Fsp3) is 0.467. The molecular formula is C15H21N. The summed E-state index contributed by atoms with van der Waals surface area (Å²) in [6, 6.07) is 8.86. The molecule has 0 radical (unpaired) electrons. The lowest BCUT2D eigenvalue weighted by atomic mass is 10.1. The van der Waals surface area contributed by atoms with Crippen LogP contribution >= 0.6 is 0 Å². The second kappa shape index (κ2) is 5.20. The van der Waals surface area contributed by atoms with Crippen LogP contribution in [0.5, 0.6) is 0 Å². The number of nitrogens with zero attached hydrogens (tertiary/aromatic N) is 1. The molecule has 0 N–H and O–H groups in total. The summed E-state index contributed by atoms with van der Waals surface area (Å²) in [7, 11) is 0. The quantitative estimate of drug-likeness (QED) is 0.737. The largest absolute Gasteiger partial charge is 0.372 e. The molecule has 0 unspecified atom stereocenters. The molecule has 1 fully saturated rings. The fourth-order valence-electron chi connectivity index (χ4n) is 2.10. The molecule has 0 atom stereocenters. The zero-order valence-corrected chi connectivity index (χ0v) is 10.3. The number of hydrogen-bond donors (Lipinski definition) is 0. The Bertz CT molecular complexity index is 359. The van der Waals surface area contributed by atoms with E-state index in [9.17, 15) is 0 Å². The van der Waals surface area contributed by atoms with E-state index in [0.717, 1.165) is 0 Å². The molecule has 1 nitrogen and oxygen atoms in total. The van der Waals surface area contributed by atoms with Gasteiger partial charge in [0.1, 0.15) is 0 Å². The minimum atomic E-state index is 0.621. The molecule has 0 saturated carbocycles. The number of benzene rings is 1. The lowest BCUT2D eigenvalue weighted by Crippen LogP contribution is -2.17. The van der Waals surface area contributed by atoms with Crippen molar-refractivity contribution in [3.8, 4) is 0 Å². The molecule has 1 aromatic carbocycles. The Hall–Kier alpha value is -1.24. The molecule has 1 saturated heterocycles. The highest BCUT2D eigenvalue weighted by Gasteiger charge is 2.11. The normalized spacial score (nSPS) is 16.6. The Morgan fingerprint density at radius 3 is 2.62 bits per heavy atom. The van der Waals surface area contributed by atoms with Gasteiger partial charge in [0.05, 0.1) is 0 Å². The van der Waals surface area contributed by atoms with Crippen LogP contribution in [-0.4, -0.2) is 13.1 Å². The van der Waals surface area contributed by atoms with Gasteiger partial charge in [-0.25, -0.2) is 0 Å². The van der Waals surface area contributed by atoms with Gasteiger partial charge >= 0.3 is 0 Å². The molecule has 2 rings (SSSR count). The molecule has 0 aliphatic carbocycles. The van der Waals surface area contributed by atoms with E-state index in [1.54, 1.807) is 0 Å². The summed E-state index contributed by atoms with van der Waals surface area (Å²) in [5, 5.41) is 0. The van der Waals surface area contributed by atoms with E-state index in [4.69, 9.17) is 0 Å². The second-order valence-electron chi connectivity index (χ2n) is 4.89. The van der Waals surface area contributed by atoms with Crippen LogP contribution in [0.15, 0.2) is 30.3 Å². The van der Waals surface area contributed by atoms with Crippen LogP contribution in [0.3, 0.4) is 0 Å². The topological polar surface area (TPSA) is 3.24 Å². The predicted octanol–water partition coefficient (Wildman–Crippen LogP) is 3.96. The summed E-state index contributed by atoms with van der Waals surface area (Å²) in [5.41, 5.74) is 2.70. The van der Waals surface area contributed by atoms with Crippen LogP contribution in [0, 0.1) is 5.92 Å². The smallest absolute Gasteiger partial charge is 0.0372 e. The fourth-order valence-corrected chi connectivity index (χ4v) is 2.10. The van der Waals surface area contributed by atoms with Gasteiger partial charge in [-0.3, -0.25) is 0 Å². The predicted molar refractivity (Wildman–Crippen MR) is 71.8 cm³/mol. The van der Waals surface area contributed by atoms with Crippen molar-refractivity contribution in [3.05, 3.63) is 35.9 Å². The molecule has 0 bridgehead atoms. The minimum absolute atomic E-state index is 0.621. The molecule has 1 aliphatic heterocycles. The first kappa shape index (κ1) is 11.3. The van der Waals surface area contributed by atoms with Gasteiger partial charge in [-0.1, -0.05) is 38.1 Å². The van der Waals surface area contributed by atoms with Crippen molar-refractivity contribution in [3.63, 3.8) is 0 Å². The van der Waals surface area contributed by atoms with E-state index >= 15 is 0 Å². The summed E-state index contributed by atoms with van der Waals surface area (Å²) in [6.45, 7) is 6.86. The summed E-state index contributed by atoms with van der Waals surface area (Å²) in [4.78, 5) is 2.48. The van der Waals surface area contributed by atoms with E-state index in [1.165, 1.54) is 37.2 Å². The van der Waals surface area contributed by atoms with E-state index < -0.39 is 0 Å². The monoisotopic (exact) mass is 215 g/mol. The van der Waals surface area contributed by atoms with Crippen LogP contribution in [0.4, 0.5) is 5.69 Å². The standard InChI is InChI=1S/C15H21N/c1-13(2)8-9-14-6-5-7-15(12-14)16-10-3-4-11-16/h5-9,12-13H,3-4,10-11H2,1-2H3/b9-8+. The molecule has 86 valence electrons. The zero-order valence-electron chi connectivity index (χ0n) is 10.3. The lowest BCUT2D eigenvalue weighted by molar-refractivity contribution is 0.836. The average molecular weight is 215 g/mol. The Balaban J connectivity index is 2.12. The number of anilines is 1. The first-order valence-electron chi connectivity index (χ1n) is 6.29. The van der Waals surface area contributed by atoms with Crippen LogP contribution < -0.4 is 4.90 Å². The Morgan fingerprint density at radius 2 is 1.94 bits per heavy atom. The number of rotatable bonds is 3. The second-order valence-corrected chi connectivity index (χ2v) is 4.89. The van der Waals surface area contributed by atoms with Gasteiger partial charge in [-0.15, -0.1) is 0 Å². The Morgan fingerprint density at radius 1 is 1.19 bits per heavy atom. The van der Waals surface area contributed by atoms with Crippen molar-refractivity contribution >= 4 is 11.8 Å². The van der Waals surface area contributed by atoms with Crippen LogP contribution in [0.25, 0.3) is 6.08 Å². The van der Waals surface area contributed by atoms with Crippen molar-refractivity contribution in [2.45, 2.75) is 26.7 Å². The lowest BCUT2D eigenvalue weighted by Gasteiger charge is -2.17. The number of hydrogen-bond acceptors (Lipinski definition) is 1. The van der Waals surface area contributed by atoms with Gasteiger partial charge < -0.3 is 4.90 Å². The van der Waals surface area contributed by atoms with Crippen LogP contribution in [0.2, 0.25) is 0 Å². The third kappa shape index (κ3) is 2.88. The highest BCUT2D eigenvalue weighted by Crippen LogP contribution is 2.21. The molecule has 1 heterocycles. The van der Waals surface area contributed by atoms with Gasteiger partial charge in [0, 0.05) is 18.8 Å². The summed E-state index contributed by atoms with van der Waals surface area (Å²) in [6.07, 6.45) is 7.16. The van der Waals surface area contributed by atoms with Gasteiger partial charge in [0.25, 0.3) is 0 Å². The van der Waals surface area contributed by atoms with Crippen molar-refractivity contribution in [1.29, 1.82) is 0 Å². The highest BCUT2D eigenvalue weighted by atomic mass is 15.1. The van der Waals surface area contributed by atoms with E-state index in [2.05, 4.69) is 55.2 Å². The zero-order chi connectivity index (χ0) is 11.4. The van der Waals surface area contributed by atoms with Crippen molar-refractivity contribution in [2.75, 3.05) is 18.0 Å².